The predicted octanol–water partition coefficient (Wildman–Crippen LogP) is -0.871. The van der Waals surface area contributed by atoms with Gasteiger partial charge in [0.15, 0.2) is 0 Å². The third-order valence-corrected chi connectivity index (χ3v) is 2.05. The van der Waals surface area contributed by atoms with Crippen LogP contribution in [0.2, 0.25) is 0 Å². The zero-order valence-corrected chi connectivity index (χ0v) is 10.0. The molecular weight excluding hydrogens is 212 g/mol. The van der Waals surface area contributed by atoms with Gasteiger partial charge in [0.2, 0.25) is 5.91 Å². The Morgan fingerprint density at radius 3 is 2.25 bits per heavy atom. The average molecular weight is 234 g/mol. The summed E-state index contributed by atoms with van der Waals surface area (Å²) >= 11 is 0. The number of amides is 1. The molecule has 3 N–H and O–H groups in total. The largest absolute Gasteiger partial charge is 0.382 e. The molecule has 1 atom stereocenters. The first-order valence-electron chi connectivity index (χ1n) is 5.33. The first kappa shape index (κ1) is 15.3. The van der Waals surface area contributed by atoms with E-state index in [2.05, 4.69) is 5.32 Å². The fourth-order valence-electron chi connectivity index (χ4n) is 1.09. The predicted molar refractivity (Wildman–Crippen MR) is 60.2 cm³/mol. The van der Waals surface area contributed by atoms with E-state index in [4.69, 9.17) is 19.9 Å². The fourth-order valence-corrected chi connectivity index (χ4v) is 1.09. The summed E-state index contributed by atoms with van der Waals surface area (Å²) in [5.74, 6) is -0.359. The van der Waals surface area contributed by atoms with Gasteiger partial charge in [-0.25, -0.2) is 0 Å². The minimum atomic E-state index is -0.359. The molecule has 1 amide bonds. The molecule has 0 aromatic rings. The van der Waals surface area contributed by atoms with Gasteiger partial charge in [0.1, 0.15) is 0 Å². The van der Waals surface area contributed by atoms with E-state index in [1.807, 2.05) is 0 Å². The smallest absolute Gasteiger partial charge is 0.234 e. The van der Waals surface area contributed by atoms with E-state index in [-0.39, 0.29) is 11.9 Å². The topological polar surface area (TPSA) is 82.8 Å². The van der Waals surface area contributed by atoms with E-state index in [0.717, 1.165) is 0 Å². The highest BCUT2D eigenvalue weighted by molar-refractivity contribution is 5.79. The van der Waals surface area contributed by atoms with Gasteiger partial charge in [-0.3, -0.25) is 4.79 Å². The van der Waals surface area contributed by atoms with Crippen molar-refractivity contribution in [3.63, 3.8) is 0 Å². The highest BCUT2D eigenvalue weighted by Gasteiger charge is 2.11. The molecule has 0 aromatic carbocycles. The molecule has 0 bridgehead atoms. The van der Waals surface area contributed by atoms with Crippen LogP contribution in [0.4, 0.5) is 0 Å². The molecule has 0 radical (unpaired) electrons. The molecule has 96 valence electrons. The first-order valence-corrected chi connectivity index (χ1v) is 5.33. The minimum absolute atomic E-state index is 0.325. The maximum absolute atomic E-state index is 10.8. The third-order valence-electron chi connectivity index (χ3n) is 2.05. The van der Waals surface area contributed by atoms with Crippen LogP contribution in [0.5, 0.6) is 0 Å². The van der Waals surface area contributed by atoms with Crippen molar-refractivity contribution < 1.29 is 19.0 Å². The molecule has 0 saturated heterocycles. The Morgan fingerprint density at radius 1 is 1.19 bits per heavy atom. The number of carbonyl (C=O) groups is 1. The van der Waals surface area contributed by atoms with Crippen molar-refractivity contribution in [2.24, 2.45) is 5.73 Å². The van der Waals surface area contributed by atoms with Gasteiger partial charge < -0.3 is 25.3 Å². The van der Waals surface area contributed by atoms with Crippen molar-refractivity contribution in [3.8, 4) is 0 Å². The number of primary amides is 1. The molecule has 0 aromatic heterocycles. The van der Waals surface area contributed by atoms with Crippen LogP contribution in [0.25, 0.3) is 0 Å². The van der Waals surface area contributed by atoms with Crippen LogP contribution in [0.3, 0.4) is 0 Å². The summed E-state index contributed by atoms with van der Waals surface area (Å²) in [6.07, 6.45) is 0.573. The third kappa shape index (κ3) is 8.60. The van der Waals surface area contributed by atoms with Gasteiger partial charge in [0.25, 0.3) is 0 Å². The van der Waals surface area contributed by atoms with E-state index >= 15 is 0 Å². The Labute approximate surface area is 96.4 Å². The molecule has 6 heteroatoms. The maximum Gasteiger partial charge on any atom is 0.234 e. The summed E-state index contributed by atoms with van der Waals surface area (Å²) in [5.41, 5.74) is 5.15. The molecule has 6 nitrogen and oxygen atoms in total. The van der Waals surface area contributed by atoms with E-state index in [0.29, 0.717) is 39.5 Å². The first-order chi connectivity index (χ1) is 7.72. The van der Waals surface area contributed by atoms with Crippen LogP contribution in [0, 0.1) is 0 Å². The Hall–Kier alpha value is -0.690. The highest BCUT2D eigenvalue weighted by atomic mass is 16.5. The Balaban J connectivity index is 3.22. The van der Waals surface area contributed by atoms with Crippen LogP contribution in [-0.2, 0) is 19.0 Å². The molecule has 0 aliphatic carbocycles. The summed E-state index contributed by atoms with van der Waals surface area (Å²) in [5, 5.41) is 2.82. The normalized spacial score (nSPS) is 12.6. The van der Waals surface area contributed by atoms with E-state index in [1.165, 1.54) is 0 Å². The molecule has 0 aliphatic rings. The van der Waals surface area contributed by atoms with Crippen molar-refractivity contribution in [2.45, 2.75) is 12.5 Å². The lowest BCUT2D eigenvalue weighted by molar-refractivity contribution is -0.120. The molecule has 0 fully saturated rings. The number of ether oxygens (including phenoxy) is 3. The fraction of sp³-hybridized carbons (Fsp3) is 0.900. The molecule has 16 heavy (non-hydrogen) atoms. The van der Waals surface area contributed by atoms with Gasteiger partial charge in [0, 0.05) is 13.7 Å². The molecule has 0 rings (SSSR count). The number of nitrogens with one attached hydrogen (secondary N) is 1. The Bertz CT molecular complexity index is 178. The number of methoxy groups -OCH3 is 1. The van der Waals surface area contributed by atoms with Crippen molar-refractivity contribution in [2.75, 3.05) is 47.2 Å². The number of hydrogen-bond acceptors (Lipinski definition) is 5. The molecule has 0 aliphatic heterocycles. The number of likely N-dealkylation sites (N-methyl/N-ethyl adjacent to an activating group) is 1. The van der Waals surface area contributed by atoms with E-state index in [1.54, 1.807) is 14.2 Å². The van der Waals surface area contributed by atoms with Crippen LogP contribution in [0.1, 0.15) is 6.42 Å². The van der Waals surface area contributed by atoms with Gasteiger partial charge >= 0.3 is 0 Å². The Kier molecular flexibility index (Phi) is 10.3. The van der Waals surface area contributed by atoms with Gasteiger partial charge in [0.05, 0.1) is 32.5 Å². The quantitative estimate of drug-likeness (QED) is 0.454. The van der Waals surface area contributed by atoms with Crippen LogP contribution < -0.4 is 11.1 Å². The van der Waals surface area contributed by atoms with Gasteiger partial charge in [-0.15, -0.1) is 0 Å². The lowest BCUT2D eigenvalue weighted by atomic mass is 10.2. The molecule has 0 spiro atoms. The van der Waals surface area contributed by atoms with Crippen LogP contribution >= 0.6 is 0 Å². The highest BCUT2D eigenvalue weighted by Crippen LogP contribution is 1.91. The number of carbonyl (C=O) groups excluding carboxylic acids is 1. The maximum atomic E-state index is 10.8. The van der Waals surface area contributed by atoms with Gasteiger partial charge in [-0.05, 0) is 13.5 Å². The minimum Gasteiger partial charge on any atom is -0.382 e. The van der Waals surface area contributed by atoms with Crippen molar-refractivity contribution in [3.05, 3.63) is 0 Å². The Morgan fingerprint density at radius 2 is 1.75 bits per heavy atom. The zero-order chi connectivity index (χ0) is 12.2. The molecule has 1 unspecified atom stereocenters. The zero-order valence-electron chi connectivity index (χ0n) is 10.0. The monoisotopic (exact) mass is 234 g/mol. The number of rotatable bonds is 11. The summed E-state index contributed by atoms with van der Waals surface area (Å²) < 4.78 is 15.3. The van der Waals surface area contributed by atoms with E-state index in [9.17, 15) is 4.79 Å². The summed E-state index contributed by atoms with van der Waals surface area (Å²) in [4.78, 5) is 10.8. The van der Waals surface area contributed by atoms with Crippen molar-refractivity contribution in [1.82, 2.24) is 5.32 Å². The molecule has 0 heterocycles. The van der Waals surface area contributed by atoms with Gasteiger partial charge in [-0.2, -0.15) is 0 Å². The summed E-state index contributed by atoms with van der Waals surface area (Å²) in [7, 11) is 3.32. The number of hydrogen-bond donors (Lipinski definition) is 2. The van der Waals surface area contributed by atoms with Crippen molar-refractivity contribution >= 4 is 5.91 Å². The van der Waals surface area contributed by atoms with Crippen LogP contribution in [0.15, 0.2) is 0 Å². The van der Waals surface area contributed by atoms with Crippen molar-refractivity contribution in [1.29, 1.82) is 0 Å². The van der Waals surface area contributed by atoms with Crippen LogP contribution in [-0.4, -0.2) is 59.1 Å². The average Bonchev–Trinajstić information content (AvgIpc) is 2.26. The summed E-state index contributed by atoms with van der Waals surface area (Å²) in [6.45, 7) is 2.69. The second-order valence-corrected chi connectivity index (χ2v) is 3.25. The standard InChI is InChI=1S/C10H22N2O4/c1-12-9(10(11)13)3-4-15-7-8-16-6-5-14-2/h9,12H,3-8H2,1-2H3,(H2,11,13). The van der Waals surface area contributed by atoms with E-state index < -0.39 is 0 Å². The lowest BCUT2D eigenvalue weighted by Gasteiger charge is -2.12. The number of nitrogens with two attached hydrogens (primary N) is 1. The summed E-state index contributed by atoms with van der Waals surface area (Å²) in [6, 6.07) is -0.325. The second-order valence-electron chi connectivity index (χ2n) is 3.25. The second kappa shape index (κ2) is 10.8. The lowest BCUT2D eigenvalue weighted by Crippen LogP contribution is -2.39. The molecule has 0 saturated carbocycles. The van der Waals surface area contributed by atoms with Gasteiger partial charge in [-0.1, -0.05) is 0 Å². The SMILES string of the molecule is CNC(CCOCCOCCOC)C(N)=O. The molecular formula is C10H22N2O4.